The lowest BCUT2D eigenvalue weighted by molar-refractivity contribution is 0.0322. The van der Waals surface area contributed by atoms with Crippen molar-refractivity contribution >= 4 is 41.0 Å². The number of carbonyl (C=O) groups excluding carboxylic acids is 1. The van der Waals surface area contributed by atoms with Crippen LogP contribution < -0.4 is 10.5 Å². The van der Waals surface area contributed by atoms with Crippen LogP contribution in [0.1, 0.15) is 48.2 Å². The zero-order valence-electron chi connectivity index (χ0n) is 22.1. The van der Waals surface area contributed by atoms with E-state index in [2.05, 4.69) is 16.9 Å². The summed E-state index contributed by atoms with van der Waals surface area (Å²) in [6, 6.07) is 13.7. The number of nitrogens with zero attached hydrogens (tertiary/aromatic N) is 2. The molecule has 1 atom stereocenters. The molecule has 0 aliphatic heterocycles. The van der Waals surface area contributed by atoms with Gasteiger partial charge in [0.15, 0.2) is 5.82 Å². The zero-order chi connectivity index (χ0) is 28.4. The fourth-order valence-electron chi connectivity index (χ4n) is 4.41. The van der Waals surface area contributed by atoms with Gasteiger partial charge in [-0.1, -0.05) is 31.2 Å². The van der Waals surface area contributed by atoms with E-state index in [1.807, 2.05) is 30.3 Å². The second-order valence-electron chi connectivity index (χ2n) is 9.05. The largest absolute Gasteiger partial charge is 0.497 e. The van der Waals surface area contributed by atoms with Crippen molar-refractivity contribution < 1.29 is 31.9 Å². The number of ketones is 1. The fraction of sp³-hybridized carbons (Fsp3) is 0.321. The van der Waals surface area contributed by atoms with Crippen LogP contribution in [0.3, 0.4) is 0 Å². The Morgan fingerprint density at radius 1 is 1.05 bits per heavy atom. The van der Waals surface area contributed by atoms with Gasteiger partial charge < -0.3 is 19.5 Å². The third-order valence-electron chi connectivity index (χ3n) is 6.43. The van der Waals surface area contributed by atoms with Gasteiger partial charge in [0, 0.05) is 22.5 Å². The van der Waals surface area contributed by atoms with Crippen LogP contribution in [0.2, 0.25) is 0 Å². The molecule has 11 heteroatoms. The quantitative estimate of drug-likeness (QED) is 0.122. The molecule has 0 saturated heterocycles. The molecule has 0 aliphatic rings. The number of carbonyl (C=O) groups is 1. The second-order valence-corrected chi connectivity index (χ2v) is 11.1. The number of pyridine rings is 2. The van der Waals surface area contributed by atoms with E-state index in [0.717, 1.165) is 23.3 Å². The SMILES string of the molecule is CCOP(=O)(OCC)C(F)(F)C(=O)c1ccc2c(c1)nc(N)c1ncc(C(C)Cc3ccc(OC)cc3)cc12. The molecule has 2 aromatic heterocycles. The van der Waals surface area contributed by atoms with Gasteiger partial charge in [0.2, 0.25) is 5.78 Å². The molecule has 0 bridgehead atoms. The Morgan fingerprint density at radius 3 is 2.33 bits per heavy atom. The van der Waals surface area contributed by atoms with Crippen LogP contribution in [0.4, 0.5) is 14.6 Å². The summed E-state index contributed by atoms with van der Waals surface area (Å²) in [6.45, 7) is 4.23. The van der Waals surface area contributed by atoms with Crippen molar-refractivity contribution in [2.45, 2.75) is 38.8 Å². The van der Waals surface area contributed by atoms with Crippen molar-refractivity contribution in [3.05, 3.63) is 71.4 Å². The van der Waals surface area contributed by atoms with Gasteiger partial charge in [-0.2, -0.15) is 8.78 Å². The highest BCUT2D eigenvalue weighted by atomic mass is 31.2. The van der Waals surface area contributed by atoms with Gasteiger partial charge in [-0.05, 0) is 61.6 Å². The first-order chi connectivity index (χ1) is 18.5. The molecule has 4 aromatic rings. The van der Waals surface area contributed by atoms with Crippen molar-refractivity contribution in [3.8, 4) is 5.75 Å². The molecule has 2 heterocycles. The standard InChI is InChI=1S/C28H30F2N3O5P/c1-5-37-39(35,38-6-2)28(29,30)26(34)19-9-12-22-23-14-20(16-32-25(23)27(31)33-24(22)15-19)17(3)13-18-7-10-21(36-4)11-8-18/h7-12,14-17H,5-6,13H2,1-4H3,(H2,31,33). The minimum Gasteiger partial charge on any atom is -0.497 e. The van der Waals surface area contributed by atoms with Gasteiger partial charge in [-0.25, -0.2) is 4.98 Å². The van der Waals surface area contributed by atoms with Crippen molar-refractivity contribution in [2.24, 2.45) is 0 Å². The maximum Gasteiger partial charge on any atom is 0.408 e. The first-order valence-electron chi connectivity index (χ1n) is 12.5. The number of halogens is 2. The van der Waals surface area contributed by atoms with Crippen LogP contribution in [0.25, 0.3) is 21.8 Å². The van der Waals surface area contributed by atoms with Crippen molar-refractivity contribution in [1.82, 2.24) is 9.97 Å². The van der Waals surface area contributed by atoms with Gasteiger partial charge in [-0.15, -0.1) is 0 Å². The number of aromatic nitrogens is 2. The van der Waals surface area contributed by atoms with E-state index < -0.39 is 24.6 Å². The Balaban J connectivity index is 1.72. The number of Topliss-reactive ketones (excluding diaryl/α,β-unsaturated/α-hetero) is 1. The molecular formula is C28H30F2N3O5P. The third kappa shape index (κ3) is 5.50. The number of ether oxygens (including phenoxy) is 1. The summed E-state index contributed by atoms with van der Waals surface area (Å²) in [7, 11) is -3.43. The number of nitrogens with two attached hydrogens (primary N) is 1. The van der Waals surface area contributed by atoms with Gasteiger partial charge in [0.05, 0.1) is 25.8 Å². The van der Waals surface area contributed by atoms with E-state index >= 15 is 8.78 Å². The number of fused-ring (bicyclic) bond motifs is 3. The molecule has 0 fully saturated rings. The summed E-state index contributed by atoms with van der Waals surface area (Å²) < 4.78 is 57.6. The average Bonchev–Trinajstić information content (AvgIpc) is 2.92. The van der Waals surface area contributed by atoms with Crippen LogP contribution in [0.15, 0.2) is 54.7 Å². The van der Waals surface area contributed by atoms with Gasteiger partial charge in [-0.3, -0.25) is 14.3 Å². The highest BCUT2D eigenvalue weighted by molar-refractivity contribution is 7.56. The summed E-state index contributed by atoms with van der Waals surface area (Å²) in [5.41, 5.74) is 4.14. The summed E-state index contributed by atoms with van der Waals surface area (Å²) in [5, 5.41) is 1.26. The molecule has 8 nitrogen and oxygen atoms in total. The lowest BCUT2D eigenvalue weighted by Gasteiger charge is -2.24. The van der Waals surface area contributed by atoms with Crippen molar-refractivity contribution in [2.75, 3.05) is 26.1 Å². The smallest absolute Gasteiger partial charge is 0.408 e. The number of anilines is 1. The molecule has 0 aliphatic carbocycles. The molecule has 2 N–H and O–H groups in total. The predicted octanol–water partition coefficient (Wildman–Crippen LogP) is 6.76. The Kier molecular flexibility index (Phi) is 8.30. The number of methoxy groups -OCH3 is 1. The molecule has 206 valence electrons. The Bertz CT molecular complexity index is 1550. The maximum absolute atomic E-state index is 15.1. The molecule has 39 heavy (non-hydrogen) atoms. The average molecular weight is 558 g/mol. The summed E-state index contributed by atoms with van der Waals surface area (Å²) in [4.78, 5) is 21.7. The number of hydrogen-bond acceptors (Lipinski definition) is 8. The van der Waals surface area contributed by atoms with E-state index in [9.17, 15) is 9.36 Å². The van der Waals surface area contributed by atoms with Gasteiger partial charge >= 0.3 is 13.3 Å². The Hall–Kier alpha value is -3.46. The van der Waals surface area contributed by atoms with E-state index in [-0.39, 0.29) is 30.5 Å². The van der Waals surface area contributed by atoms with Crippen LogP contribution in [-0.4, -0.2) is 41.7 Å². The first-order valence-corrected chi connectivity index (χ1v) is 14.0. The van der Waals surface area contributed by atoms with Crippen molar-refractivity contribution in [1.29, 1.82) is 0 Å². The second kappa shape index (κ2) is 11.3. The topological polar surface area (TPSA) is 114 Å². The Morgan fingerprint density at radius 2 is 1.72 bits per heavy atom. The molecular weight excluding hydrogens is 527 g/mol. The van der Waals surface area contributed by atoms with Crippen LogP contribution in [-0.2, 0) is 20.0 Å². The summed E-state index contributed by atoms with van der Waals surface area (Å²) >= 11 is 0. The van der Waals surface area contributed by atoms with E-state index in [0.29, 0.717) is 16.3 Å². The Labute approximate surface area is 225 Å². The van der Waals surface area contributed by atoms with Crippen LogP contribution in [0.5, 0.6) is 5.75 Å². The predicted molar refractivity (Wildman–Crippen MR) is 147 cm³/mol. The van der Waals surface area contributed by atoms with E-state index in [4.69, 9.17) is 19.5 Å². The maximum atomic E-state index is 15.1. The molecule has 2 aromatic carbocycles. The molecule has 0 amide bonds. The number of hydrogen-bond donors (Lipinski definition) is 1. The number of alkyl halides is 2. The zero-order valence-corrected chi connectivity index (χ0v) is 23.0. The normalized spacial score (nSPS) is 13.1. The number of rotatable bonds is 11. The highest BCUT2D eigenvalue weighted by Gasteiger charge is 2.59. The number of benzene rings is 2. The summed E-state index contributed by atoms with van der Waals surface area (Å²) in [6.07, 6.45) is 2.50. The fourth-order valence-corrected chi connectivity index (χ4v) is 5.86. The van der Waals surface area contributed by atoms with Gasteiger partial charge in [0.1, 0.15) is 11.3 Å². The lowest BCUT2D eigenvalue weighted by atomic mass is 9.93. The monoisotopic (exact) mass is 557 g/mol. The molecule has 1 unspecified atom stereocenters. The van der Waals surface area contributed by atoms with Crippen molar-refractivity contribution in [3.63, 3.8) is 0 Å². The summed E-state index contributed by atoms with van der Waals surface area (Å²) in [5.74, 6) is -0.708. The van der Waals surface area contributed by atoms with Gasteiger partial charge in [0.25, 0.3) is 0 Å². The molecule has 0 spiro atoms. The lowest BCUT2D eigenvalue weighted by Crippen LogP contribution is -2.31. The minimum atomic E-state index is -5.05. The van der Waals surface area contributed by atoms with Crippen LogP contribution >= 0.6 is 7.60 Å². The van der Waals surface area contributed by atoms with Crippen LogP contribution in [0, 0.1) is 0 Å². The van der Waals surface area contributed by atoms with E-state index in [1.54, 1.807) is 13.3 Å². The molecule has 0 radical (unpaired) electrons. The number of nitrogen functional groups attached to an aromatic ring is 1. The third-order valence-corrected chi connectivity index (χ3v) is 8.51. The first kappa shape index (κ1) is 28.5. The molecule has 4 rings (SSSR count). The highest BCUT2D eigenvalue weighted by Crippen LogP contribution is 2.62. The minimum absolute atomic E-state index is 0.0949. The van der Waals surface area contributed by atoms with E-state index in [1.165, 1.54) is 32.0 Å². The molecule has 0 saturated carbocycles.